The van der Waals surface area contributed by atoms with Crippen LogP contribution >= 0.6 is 0 Å². The zero-order chi connectivity index (χ0) is 15.1. The molecule has 0 unspecified atom stereocenters. The second-order valence-corrected chi connectivity index (χ2v) is 5.07. The van der Waals surface area contributed by atoms with Gasteiger partial charge in [-0.3, -0.25) is 4.79 Å². The molecule has 0 aromatic heterocycles. The van der Waals surface area contributed by atoms with Crippen molar-refractivity contribution >= 4 is 5.91 Å². The number of hydrogen-bond donors (Lipinski definition) is 1. The highest BCUT2D eigenvalue weighted by Crippen LogP contribution is 2.10. The van der Waals surface area contributed by atoms with Gasteiger partial charge in [0.2, 0.25) is 0 Å². The van der Waals surface area contributed by atoms with E-state index >= 15 is 0 Å². The molecule has 0 saturated heterocycles. The maximum absolute atomic E-state index is 12.0. The SMILES string of the molecule is Cc1ccc(C(=O)NCCCOc2ccccc2)cc1C. The average molecular weight is 283 g/mol. The molecule has 3 heteroatoms. The molecule has 2 rings (SSSR count). The van der Waals surface area contributed by atoms with Gasteiger partial charge in [-0.2, -0.15) is 0 Å². The van der Waals surface area contributed by atoms with Gasteiger partial charge in [-0.05, 0) is 55.7 Å². The Balaban J connectivity index is 1.71. The standard InChI is InChI=1S/C18H21NO2/c1-14-9-10-16(13-15(14)2)18(20)19-11-6-12-21-17-7-4-3-5-8-17/h3-5,7-10,13H,6,11-12H2,1-2H3,(H,19,20). The molecule has 0 aliphatic carbocycles. The topological polar surface area (TPSA) is 38.3 Å². The normalized spacial score (nSPS) is 10.2. The number of carbonyl (C=O) groups excluding carboxylic acids is 1. The van der Waals surface area contributed by atoms with Crippen molar-refractivity contribution in [1.29, 1.82) is 0 Å². The van der Waals surface area contributed by atoms with Crippen molar-refractivity contribution in [2.45, 2.75) is 20.3 Å². The smallest absolute Gasteiger partial charge is 0.251 e. The first kappa shape index (κ1) is 15.1. The van der Waals surface area contributed by atoms with Crippen molar-refractivity contribution in [2.75, 3.05) is 13.2 Å². The van der Waals surface area contributed by atoms with Crippen molar-refractivity contribution in [1.82, 2.24) is 5.32 Å². The van der Waals surface area contributed by atoms with E-state index in [1.54, 1.807) is 0 Å². The molecule has 0 heterocycles. The van der Waals surface area contributed by atoms with Crippen LogP contribution in [0.25, 0.3) is 0 Å². The Hall–Kier alpha value is -2.29. The summed E-state index contributed by atoms with van der Waals surface area (Å²) in [7, 11) is 0. The highest BCUT2D eigenvalue weighted by Gasteiger charge is 2.05. The first-order valence-electron chi connectivity index (χ1n) is 7.20. The Morgan fingerprint density at radius 3 is 2.52 bits per heavy atom. The average Bonchev–Trinajstić information content (AvgIpc) is 2.50. The van der Waals surface area contributed by atoms with E-state index < -0.39 is 0 Å². The summed E-state index contributed by atoms with van der Waals surface area (Å²) in [6.07, 6.45) is 0.783. The number of para-hydroxylation sites is 1. The minimum atomic E-state index is -0.0298. The summed E-state index contributed by atoms with van der Waals surface area (Å²) in [5.41, 5.74) is 3.04. The van der Waals surface area contributed by atoms with Crippen molar-refractivity contribution in [2.24, 2.45) is 0 Å². The largest absolute Gasteiger partial charge is 0.494 e. The number of benzene rings is 2. The van der Waals surface area contributed by atoms with E-state index in [2.05, 4.69) is 5.32 Å². The maximum atomic E-state index is 12.0. The predicted molar refractivity (Wildman–Crippen MR) is 84.8 cm³/mol. The first-order valence-corrected chi connectivity index (χ1v) is 7.20. The fourth-order valence-electron chi connectivity index (χ4n) is 1.97. The van der Waals surface area contributed by atoms with Crippen molar-refractivity contribution in [3.05, 3.63) is 65.2 Å². The summed E-state index contributed by atoms with van der Waals surface area (Å²) in [5, 5.41) is 2.91. The molecular weight excluding hydrogens is 262 g/mol. The molecule has 110 valence electrons. The van der Waals surface area contributed by atoms with Crippen LogP contribution in [0.15, 0.2) is 48.5 Å². The number of rotatable bonds is 6. The van der Waals surface area contributed by atoms with E-state index in [1.807, 2.05) is 62.4 Å². The van der Waals surface area contributed by atoms with Crippen LogP contribution in [-0.4, -0.2) is 19.1 Å². The molecule has 2 aromatic carbocycles. The van der Waals surface area contributed by atoms with Gasteiger partial charge in [0.15, 0.2) is 0 Å². The van der Waals surface area contributed by atoms with Crippen LogP contribution in [0.2, 0.25) is 0 Å². The molecule has 2 aromatic rings. The summed E-state index contributed by atoms with van der Waals surface area (Å²) >= 11 is 0. The fourth-order valence-corrected chi connectivity index (χ4v) is 1.97. The van der Waals surface area contributed by atoms with Gasteiger partial charge in [0.25, 0.3) is 5.91 Å². The van der Waals surface area contributed by atoms with Gasteiger partial charge in [0.1, 0.15) is 5.75 Å². The molecule has 0 aliphatic rings. The Labute approximate surface area is 126 Å². The molecule has 0 fully saturated rings. The molecule has 1 N–H and O–H groups in total. The zero-order valence-corrected chi connectivity index (χ0v) is 12.6. The number of hydrogen-bond acceptors (Lipinski definition) is 2. The van der Waals surface area contributed by atoms with Crippen LogP contribution < -0.4 is 10.1 Å². The molecule has 0 radical (unpaired) electrons. The third-order valence-corrected chi connectivity index (χ3v) is 3.39. The zero-order valence-electron chi connectivity index (χ0n) is 12.6. The van der Waals surface area contributed by atoms with Gasteiger partial charge in [0, 0.05) is 12.1 Å². The monoisotopic (exact) mass is 283 g/mol. The highest BCUT2D eigenvalue weighted by molar-refractivity contribution is 5.94. The van der Waals surface area contributed by atoms with Gasteiger partial charge < -0.3 is 10.1 Å². The summed E-state index contributed by atoms with van der Waals surface area (Å²) < 4.78 is 5.58. The predicted octanol–water partition coefficient (Wildman–Crippen LogP) is 3.50. The third-order valence-electron chi connectivity index (χ3n) is 3.39. The molecular formula is C18H21NO2. The molecule has 0 aliphatic heterocycles. The quantitative estimate of drug-likeness (QED) is 0.824. The van der Waals surface area contributed by atoms with Crippen LogP contribution in [0.4, 0.5) is 0 Å². The van der Waals surface area contributed by atoms with Crippen molar-refractivity contribution in [3.63, 3.8) is 0 Å². The summed E-state index contributed by atoms with van der Waals surface area (Å²) in [6.45, 7) is 5.26. The lowest BCUT2D eigenvalue weighted by molar-refractivity contribution is 0.0951. The Bertz CT molecular complexity index is 593. The van der Waals surface area contributed by atoms with E-state index in [0.29, 0.717) is 18.7 Å². The second kappa shape index (κ2) is 7.48. The highest BCUT2D eigenvalue weighted by atomic mass is 16.5. The van der Waals surface area contributed by atoms with Gasteiger partial charge in [0.05, 0.1) is 6.61 Å². The van der Waals surface area contributed by atoms with Crippen LogP contribution in [0.3, 0.4) is 0 Å². The fraction of sp³-hybridized carbons (Fsp3) is 0.278. The van der Waals surface area contributed by atoms with Crippen molar-refractivity contribution < 1.29 is 9.53 Å². The molecule has 3 nitrogen and oxygen atoms in total. The lowest BCUT2D eigenvalue weighted by Gasteiger charge is -2.08. The number of nitrogens with one attached hydrogen (secondary N) is 1. The second-order valence-electron chi connectivity index (χ2n) is 5.07. The minimum absolute atomic E-state index is 0.0298. The molecule has 0 saturated carbocycles. The Morgan fingerprint density at radius 2 is 1.81 bits per heavy atom. The van der Waals surface area contributed by atoms with E-state index in [1.165, 1.54) is 5.56 Å². The lowest BCUT2D eigenvalue weighted by atomic mass is 10.1. The Morgan fingerprint density at radius 1 is 1.05 bits per heavy atom. The molecule has 21 heavy (non-hydrogen) atoms. The number of aryl methyl sites for hydroxylation is 2. The van der Waals surface area contributed by atoms with Crippen molar-refractivity contribution in [3.8, 4) is 5.75 Å². The number of ether oxygens (including phenoxy) is 1. The summed E-state index contributed by atoms with van der Waals surface area (Å²) in [4.78, 5) is 12.0. The van der Waals surface area contributed by atoms with Crippen LogP contribution in [0.5, 0.6) is 5.75 Å². The third kappa shape index (κ3) is 4.63. The van der Waals surface area contributed by atoms with E-state index in [-0.39, 0.29) is 5.91 Å². The maximum Gasteiger partial charge on any atom is 0.251 e. The van der Waals surface area contributed by atoms with Crippen LogP contribution in [0, 0.1) is 13.8 Å². The van der Waals surface area contributed by atoms with E-state index in [9.17, 15) is 4.79 Å². The molecule has 0 atom stereocenters. The van der Waals surface area contributed by atoms with E-state index in [4.69, 9.17) is 4.74 Å². The van der Waals surface area contributed by atoms with Gasteiger partial charge in [-0.25, -0.2) is 0 Å². The van der Waals surface area contributed by atoms with Gasteiger partial charge in [-0.1, -0.05) is 24.3 Å². The molecule has 1 amide bonds. The number of carbonyl (C=O) groups is 1. The van der Waals surface area contributed by atoms with E-state index in [0.717, 1.165) is 17.7 Å². The summed E-state index contributed by atoms with van der Waals surface area (Å²) in [5.74, 6) is 0.829. The van der Waals surface area contributed by atoms with Gasteiger partial charge in [-0.15, -0.1) is 0 Å². The first-order chi connectivity index (χ1) is 10.2. The van der Waals surface area contributed by atoms with Crippen LogP contribution in [0.1, 0.15) is 27.9 Å². The molecule has 0 spiro atoms. The number of amides is 1. The summed E-state index contributed by atoms with van der Waals surface area (Å²) in [6, 6.07) is 15.4. The van der Waals surface area contributed by atoms with Gasteiger partial charge >= 0.3 is 0 Å². The lowest BCUT2D eigenvalue weighted by Crippen LogP contribution is -2.25. The minimum Gasteiger partial charge on any atom is -0.494 e. The Kier molecular flexibility index (Phi) is 5.38. The molecule has 0 bridgehead atoms. The van der Waals surface area contributed by atoms with Crippen LogP contribution in [-0.2, 0) is 0 Å².